The van der Waals surface area contributed by atoms with Gasteiger partial charge in [-0.1, -0.05) is 42.5 Å². The van der Waals surface area contributed by atoms with Crippen molar-refractivity contribution in [2.24, 2.45) is 5.92 Å². The van der Waals surface area contributed by atoms with Crippen LogP contribution in [0.25, 0.3) is 0 Å². The molecule has 3 aliphatic rings. The number of piperidine rings is 3. The van der Waals surface area contributed by atoms with E-state index < -0.39 is 18.1 Å². The Morgan fingerprint density at radius 1 is 1.00 bits per heavy atom. The van der Waals surface area contributed by atoms with Gasteiger partial charge in [-0.05, 0) is 67.2 Å². The zero-order valence-electron chi connectivity index (χ0n) is 19.3. The Labute approximate surface area is 203 Å². The average Bonchev–Trinajstić information content (AvgIpc) is 3.44. The van der Waals surface area contributed by atoms with Crippen LogP contribution in [-0.2, 0) is 9.47 Å². The van der Waals surface area contributed by atoms with Gasteiger partial charge in [0, 0.05) is 6.54 Å². The molecule has 6 rings (SSSR count). The molecule has 4 heterocycles. The van der Waals surface area contributed by atoms with E-state index >= 15 is 0 Å². The molecule has 0 saturated carbocycles. The zero-order chi connectivity index (χ0) is 24.0. The van der Waals surface area contributed by atoms with Crippen molar-refractivity contribution < 1.29 is 28.2 Å². The number of rotatable bonds is 8. The first-order valence-electron chi connectivity index (χ1n) is 11.8. The summed E-state index contributed by atoms with van der Waals surface area (Å²) in [6.45, 7) is 2.70. The fraction of sp³-hybridized carbons (Fsp3) is 0.333. The SMILES string of the molecule is O=C(N[C@@H](c1ccccc1)c1cccc(OCOC(=O)c2ccco2)c1)O[C@H]1CN2CCC1CC2. The highest BCUT2D eigenvalue weighted by Gasteiger charge is 2.36. The first kappa shape index (κ1) is 23.0. The quantitative estimate of drug-likeness (QED) is 0.381. The molecule has 3 saturated heterocycles. The number of fused-ring (bicyclic) bond motifs is 3. The van der Waals surface area contributed by atoms with Crippen LogP contribution in [0.5, 0.6) is 5.75 Å². The van der Waals surface area contributed by atoms with E-state index in [1.165, 1.54) is 12.3 Å². The van der Waals surface area contributed by atoms with Crippen LogP contribution in [-0.4, -0.2) is 49.5 Å². The molecular formula is C27H28N2O6. The topological polar surface area (TPSA) is 90.2 Å². The largest absolute Gasteiger partial charge is 0.457 e. The summed E-state index contributed by atoms with van der Waals surface area (Å²) in [6, 6.07) is 19.7. The molecule has 3 fully saturated rings. The van der Waals surface area contributed by atoms with Crippen molar-refractivity contribution >= 4 is 12.1 Å². The number of nitrogens with one attached hydrogen (secondary N) is 1. The molecule has 1 N–H and O–H groups in total. The lowest BCUT2D eigenvalue weighted by atomic mass is 9.86. The van der Waals surface area contributed by atoms with Crippen LogP contribution < -0.4 is 10.1 Å². The second-order valence-electron chi connectivity index (χ2n) is 8.81. The second-order valence-corrected chi connectivity index (χ2v) is 8.81. The van der Waals surface area contributed by atoms with Crippen molar-refractivity contribution in [3.63, 3.8) is 0 Å². The Morgan fingerprint density at radius 2 is 1.80 bits per heavy atom. The van der Waals surface area contributed by atoms with Gasteiger partial charge in [0.25, 0.3) is 0 Å². The predicted octanol–water partition coefficient (Wildman–Crippen LogP) is 4.38. The van der Waals surface area contributed by atoms with Gasteiger partial charge in [-0.2, -0.15) is 0 Å². The smallest absolute Gasteiger partial charge is 0.408 e. The molecule has 2 aromatic carbocycles. The molecule has 3 aliphatic heterocycles. The van der Waals surface area contributed by atoms with Crippen molar-refractivity contribution in [1.29, 1.82) is 0 Å². The van der Waals surface area contributed by atoms with Gasteiger partial charge in [0.05, 0.1) is 12.3 Å². The summed E-state index contributed by atoms with van der Waals surface area (Å²) >= 11 is 0. The number of furan rings is 1. The van der Waals surface area contributed by atoms with Crippen molar-refractivity contribution in [1.82, 2.24) is 10.2 Å². The Kier molecular flexibility index (Phi) is 6.99. The second kappa shape index (κ2) is 10.7. The molecule has 2 bridgehead atoms. The Morgan fingerprint density at radius 3 is 2.51 bits per heavy atom. The first-order valence-corrected chi connectivity index (χ1v) is 11.8. The third-order valence-electron chi connectivity index (χ3n) is 6.58. The summed E-state index contributed by atoms with van der Waals surface area (Å²) in [5, 5.41) is 3.04. The van der Waals surface area contributed by atoms with E-state index in [0.29, 0.717) is 11.7 Å². The van der Waals surface area contributed by atoms with Gasteiger partial charge >= 0.3 is 12.1 Å². The average molecular weight is 477 g/mol. The number of hydrogen-bond donors (Lipinski definition) is 1. The molecule has 0 spiro atoms. The normalized spacial score (nSPS) is 21.7. The molecule has 0 radical (unpaired) electrons. The first-order chi connectivity index (χ1) is 17.2. The summed E-state index contributed by atoms with van der Waals surface area (Å²) in [4.78, 5) is 27.2. The van der Waals surface area contributed by atoms with Crippen LogP contribution >= 0.6 is 0 Å². The summed E-state index contributed by atoms with van der Waals surface area (Å²) in [7, 11) is 0. The predicted molar refractivity (Wildman–Crippen MR) is 127 cm³/mol. The third-order valence-corrected chi connectivity index (χ3v) is 6.58. The van der Waals surface area contributed by atoms with E-state index in [4.69, 9.17) is 18.6 Å². The van der Waals surface area contributed by atoms with Crippen LogP contribution in [0.1, 0.15) is 40.6 Å². The molecule has 3 aromatic rings. The van der Waals surface area contributed by atoms with Crippen molar-refractivity contribution in [2.75, 3.05) is 26.4 Å². The van der Waals surface area contributed by atoms with Crippen LogP contribution in [0.4, 0.5) is 4.79 Å². The van der Waals surface area contributed by atoms with E-state index in [0.717, 1.165) is 43.6 Å². The van der Waals surface area contributed by atoms with Gasteiger partial charge in [0.1, 0.15) is 11.9 Å². The van der Waals surface area contributed by atoms with Crippen LogP contribution in [0.3, 0.4) is 0 Å². The Bertz CT molecular complexity index is 1130. The molecule has 0 aliphatic carbocycles. The van der Waals surface area contributed by atoms with Crippen molar-refractivity contribution in [2.45, 2.75) is 25.0 Å². The summed E-state index contributed by atoms with van der Waals surface area (Å²) in [6.07, 6.45) is 3.04. The monoisotopic (exact) mass is 476 g/mol. The highest BCUT2D eigenvalue weighted by atomic mass is 16.7. The maximum absolute atomic E-state index is 12.9. The number of esters is 1. The zero-order valence-corrected chi connectivity index (χ0v) is 19.3. The molecule has 1 aromatic heterocycles. The fourth-order valence-electron chi connectivity index (χ4n) is 4.74. The number of ether oxygens (including phenoxy) is 3. The van der Waals surface area contributed by atoms with Crippen LogP contribution in [0.15, 0.2) is 77.4 Å². The summed E-state index contributed by atoms with van der Waals surface area (Å²) in [5.74, 6) is 0.437. The number of nitrogens with zero attached hydrogens (tertiary/aromatic N) is 1. The van der Waals surface area contributed by atoms with Gasteiger partial charge in [-0.3, -0.25) is 4.90 Å². The molecule has 182 valence electrons. The van der Waals surface area contributed by atoms with Crippen LogP contribution in [0.2, 0.25) is 0 Å². The van der Waals surface area contributed by atoms with E-state index in [2.05, 4.69) is 10.2 Å². The van der Waals surface area contributed by atoms with Gasteiger partial charge < -0.3 is 23.9 Å². The minimum Gasteiger partial charge on any atom is -0.457 e. The standard InChI is InChI=1S/C27H28N2O6/c30-26(23-10-5-15-32-23)34-18-33-22-9-4-8-21(16-22)25(20-6-2-1-3-7-20)28-27(31)35-24-17-29-13-11-19(24)12-14-29/h1-10,15-16,19,24-25H,11-14,17-18H2,(H,28,31)/t24-,25-/m0/s1. The number of benzene rings is 2. The van der Waals surface area contributed by atoms with Gasteiger partial charge in [-0.15, -0.1) is 0 Å². The van der Waals surface area contributed by atoms with Gasteiger partial charge in [0.15, 0.2) is 0 Å². The highest BCUT2D eigenvalue weighted by molar-refractivity contribution is 5.86. The molecule has 8 heteroatoms. The summed E-state index contributed by atoms with van der Waals surface area (Å²) in [5.41, 5.74) is 1.73. The molecule has 35 heavy (non-hydrogen) atoms. The fourth-order valence-corrected chi connectivity index (χ4v) is 4.74. The van der Waals surface area contributed by atoms with E-state index in [1.54, 1.807) is 12.1 Å². The number of carbonyl (C=O) groups excluding carboxylic acids is 2. The minimum absolute atomic E-state index is 0.0764. The molecular weight excluding hydrogens is 448 g/mol. The van der Waals surface area contributed by atoms with E-state index in [9.17, 15) is 9.59 Å². The molecule has 2 atom stereocenters. The number of alkyl carbamates (subject to hydrolysis) is 1. The third kappa shape index (κ3) is 5.66. The summed E-state index contributed by atoms with van der Waals surface area (Å²) < 4.78 is 21.6. The van der Waals surface area contributed by atoms with Crippen molar-refractivity contribution in [3.8, 4) is 5.75 Å². The van der Waals surface area contributed by atoms with Crippen molar-refractivity contribution in [3.05, 3.63) is 89.9 Å². The van der Waals surface area contributed by atoms with Gasteiger partial charge in [0.2, 0.25) is 12.6 Å². The lowest BCUT2D eigenvalue weighted by Crippen LogP contribution is -2.52. The molecule has 0 unspecified atom stereocenters. The van der Waals surface area contributed by atoms with Crippen LogP contribution in [0, 0.1) is 5.92 Å². The minimum atomic E-state index is -0.606. The molecule has 1 amide bonds. The number of hydrogen-bond acceptors (Lipinski definition) is 7. The maximum Gasteiger partial charge on any atom is 0.408 e. The van der Waals surface area contributed by atoms with Gasteiger partial charge in [-0.25, -0.2) is 9.59 Å². The lowest BCUT2D eigenvalue weighted by molar-refractivity contribution is -0.0336. The van der Waals surface area contributed by atoms with E-state index in [-0.39, 0.29) is 18.7 Å². The van der Waals surface area contributed by atoms with E-state index in [1.807, 2.05) is 48.5 Å². The number of amides is 1. The Hall–Kier alpha value is -3.78. The number of carbonyl (C=O) groups is 2. The lowest BCUT2D eigenvalue weighted by Gasteiger charge is -2.43. The highest BCUT2D eigenvalue weighted by Crippen LogP contribution is 2.30. The maximum atomic E-state index is 12.9. The Balaban J connectivity index is 1.25. The molecule has 8 nitrogen and oxygen atoms in total.